The number of likely N-dealkylation sites (N-methyl/N-ethyl adjacent to an activating group) is 1. The van der Waals surface area contributed by atoms with Crippen molar-refractivity contribution in [3.05, 3.63) is 0 Å². The van der Waals surface area contributed by atoms with Crippen LogP contribution in [0.2, 0.25) is 0 Å². The number of piperazine rings is 1. The van der Waals surface area contributed by atoms with Crippen LogP contribution in [-0.2, 0) is 4.79 Å². The molecule has 1 fully saturated rings. The molecule has 0 aliphatic carbocycles. The van der Waals surface area contributed by atoms with E-state index in [0.717, 1.165) is 19.5 Å². The van der Waals surface area contributed by atoms with E-state index in [1.54, 1.807) is 11.8 Å². The molecule has 6 heteroatoms. The van der Waals surface area contributed by atoms with Crippen LogP contribution in [0.15, 0.2) is 0 Å². The van der Waals surface area contributed by atoms with Gasteiger partial charge in [-0.2, -0.15) is 0 Å². The maximum absolute atomic E-state index is 12.2. The van der Waals surface area contributed by atoms with Gasteiger partial charge in [0.25, 0.3) is 0 Å². The van der Waals surface area contributed by atoms with Crippen LogP contribution in [0.3, 0.4) is 0 Å². The number of amides is 2. The Morgan fingerprint density at radius 3 is 2.21 bits per heavy atom. The van der Waals surface area contributed by atoms with Gasteiger partial charge in [-0.05, 0) is 20.3 Å². The van der Waals surface area contributed by atoms with Crippen molar-refractivity contribution < 1.29 is 14.7 Å². The molecule has 1 rings (SSSR count). The molecule has 0 spiro atoms. The Labute approximate surface area is 115 Å². The third kappa shape index (κ3) is 4.38. The summed E-state index contributed by atoms with van der Waals surface area (Å²) in [5, 5.41) is 8.79. The minimum Gasteiger partial charge on any atom is -0.480 e. The molecular weight excluding hydrogens is 246 g/mol. The fraction of sp³-hybridized carbons (Fsp3) is 0.846. The van der Waals surface area contributed by atoms with Crippen LogP contribution >= 0.6 is 0 Å². The van der Waals surface area contributed by atoms with Crippen molar-refractivity contribution in [2.75, 3.05) is 39.3 Å². The normalized spacial score (nSPS) is 18.2. The number of hydrogen-bond donors (Lipinski definition) is 1. The zero-order chi connectivity index (χ0) is 14.4. The molecule has 1 aliphatic heterocycles. The third-order valence-electron chi connectivity index (χ3n) is 3.78. The highest BCUT2D eigenvalue weighted by molar-refractivity contribution is 5.80. The summed E-state index contributed by atoms with van der Waals surface area (Å²) >= 11 is 0. The van der Waals surface area contributed by atoms with Gasteiger partial charge in [-0.1, -0.05) is 6.92 Å². The van der Waals surface area contributed by atoms with Crippen molar-refractivity contribution in [1.29, 1.82) is 0 Å². The van der Waals surface area contributed by atoms with Gasteiger partial charge in [-0.15, -0.1) is 0 Å². The number of carboxylic acids is 1. The van der Waals surface area contributed by atoms with E-state index in [2.05, 4.69) is 18.7 Å². The SMILES string of the molecule is CCC(C)N1CCN(C(=O)N(CC)CC(=O)O)CC1. The molecule has 0 bridgehead atoms. The van der Waals surface area contributed by atoms with Gasteiger partial charge in [0.1, 0.15) is 6.54 Å². The third-order valence-corrected chi connectivity index (χ3v) is 3.78. The van der Waals surface area contributed by atoms with Crippen LogP contribution in [0.5, 0.6) is 0 Å². The van der Waals surface area contributed by atoms with E-state index in [0.29, 0.717) is 25.7 Å². The van der Waals surface area contributed by atoms with Crippen molar-refractivity contribution in [3.8, 4) is 0 Å². The van der Waals surface area contributed by atoms with E-state index < -0.39 is 5.97 Å². The van der Waals surface area contributed by atoms with Crippen molar-refractivity contribution in [1.82, 2.24) is 14.7 Å². The second kappa shape index (κ2) is 7.33. The van der Waals surface area contributed by atoms with Crippen molar-refractivity contribution in [2.45, 2.75) is 33.2 Å². The number of carbonyl (C=O) groups excluding carboxylic acids is 1. The molecule has 0 aromatic heterocycles. The molecule has 19 heavy (non-hydrogen) atoms. The van der Waals surface area contributed by atoms with E-state index in [9.17, 15) is 9.59 Å². The van der Waals surface area contributed by atoms with Crippen LogP contribution in [0.1, 0.15) is 27.2 Å². The Hall–Kier alpha value is -1.30. The lowest BCUT2D eigenvalue weighted by Crippen LogP contribution is -2.55. The smallest absolute Gasteiger partial charge is 0.323 e. The number of hydrogen-bond acceptors (Lipinski definition) is 3. The van der Waals surface area contributed by atoms with E-state index in [1.807, 2.05) is 0 Å². The molecular formula is C13H25N3O3. The van der Waals surface area contributed by atoms with E-state index in [4.69, 9.17) is 5.11 Å². The van der Waals surface area contributed by atoms with E-state index in [1.165, 1.54) is 4.90 Å². The Kier molecular flexibility index (Phi) is 6.08. The first-order valence-corrected chi connectivity index (χ1v) is 6.99. The zero-order valence-electron chi connectivity index (χ0n) is 12.1. The van der Waals surface area contributed by atoms with Gasteiger partial charge in [0, 0.05) is 38.8 Å². The van der Waals surface area contributed by atoms with Gasteiger partial charge >= 0.3 is 12.0 Å². The molecule has 1 atom stereocenters. The van der Waals surface area contributed by atoms with Crippen LogP contribution in [0.4, 0.5) is 4.79 Å². The standard InChI is InChI=1S/C13H25N3O3/c1-4-11(3)15-6-8-16(9-7-15)13(19)14(5-2)10-12(17)18/h11H,4-10H2,1-3H3,(H,17,18). The summed E-state index contributed by atoms with van der Waals surface area (Å²) in [7, 11) is 0. The molecule has 0 aromatic carbocycles. The quantitative estimate of drug-likeness (QED) is 0.808. The number of carboxylic acid groups (broad SMARTS) is 1. The molecule has 1 unspecified atom stereocenters. The van der Waals surface area contributed by atoms with Gasteiger partial charge in [-0.3, -0.25) is 9.69 Å². The zero-order valence-corrected chi connectivity index (χ0v) is 12.1. The van der Waals surface area contributed by atoms with E-state index in [-0.39, 0.29) is 12.6 Å². The fourth-order valence-corrected chi connectivity index (χ4v) is 2.29. The molecule has 1 heterocycles. The van der Waals surface area contributed by atoms with Crippen LogP contribution in [0.25, 0.3) is 0 Å². The van der Waals surface area contributed by atoms with Gasteiger partial charge < -0.3 is 14.9 Å². The number of carbonyl (C=O) groups is 2. The molecule has 2 amide bonds. The van der Waals surface area contributed by atoms with Gasteiger partial charge in [0.2, 0.25) is 0 Å². The maximum atomic E-state index is 12.2. The maximum Gasteiger partial charge on any atom is 0.323 e. The summed E-state index contributed by atoms with van der Waals surface area (Å²) in [4.78, 5) is 28.4. The molecule has 1 N–H and O–H groups in total. The molecule has 1 saturated heterocycles. The number of urea groups is 1. The first kappa shape index (κ1) is 15.8. The summed E-state index contributed by atoms with van der Waals surface area (Å²) in [6, 6.07) is 0.382. The van der Waals surface area contributed by atoms with E-state index >= 15 is 0 Å². The van der Waals surface area contributed by atoms with Crippen LogP contribution in [-0.4, -0.2) is 77.1 Å². The highest BCUT2D eigenvalue weighted by atomic mass is 16.4. The largest absolute Gasteiger partial charge is 0.480 e. The molecule has 0 radical (unpaired) electrons. The fourth-order valence-electron chi connectivity index (χ4n) is 2.29. The Balaban J connectivity index is 2.49. The Morgan fingerprint density at radius 1 is 1.21 bits per heavy atom. The van der Waals surface area contributed by atoms with Crippen molar-refractivity contribution >= 4 is 12.0 Å². The monoisotopic (exact) mass is 271 g/mol. The molecule has 110 valence electrons. The second-order valence-electron chi connectivity index (χ2n) is 4.97. The summed E-state index contributed by atoms with van der Waals surface area (Å²) in [6.07, 6.45) is 1.11. The molecule has 0 aromatic rings. The highest BCUT2D eigenvalue weighted by Gasteiger charge is 2.26. The minimum absolute atomic E-state index is 0.159. The van der Waals surface area contributed by atoms with Gasteiger partial charge in [0.15, 0.2) is 0 Å². The molecule has 1 aliphatic rings. The highest BCUT2D eigenvalue weighted by Crippen LogP contribution is 2.10. The van der Waals surface area contributed by atoms with Crippen LogP contribution < -0.4 is 0 Å². The predicted octanol–water partition coefficient (Wildman–Crippen LogP) is 0.929. The van der Waals surface area contributed by atoms with Crippen LogP contribution in [0, 0.1) is 0 Å². The Morgan fingerprint density at radius 2 is 1.79 bits per heavy atom. The topological polar surface area (TPSA) is 64.1 Å². The molecule has 6 nitrogen and oxygen atoms in total. The minimum atomic E-state index is -0.964. The number of aliphatic carboxylic acids is 1. The number of rotatable bonds is 5. The summed E-state index contributed by atoms with van der Waals surface area (Å²) in [6.45, 7) is 9.46. The summed E-state index contributed by atoms with van der Waals surface area (Å²) in [5.74, 6) is -0.964. The first-order valence-electron chi connectivity index (χ1n) is 6.99. The first-order chi connectivity index (χ1) is 8.99. The lowest BCUT2D eigenvalue weighted by molar-refractivity contribution is -0.137. The number of nitrogens with zero attached hydrogens (tertiary/aromatic N) is 3. The average molecular weight is 271 g/mol. The van der Waals surface area contributed by atoms with Gasteiger partial charge in [-0.25, -0.2) is 4.79 Å². The predicted molar refractivity (Wildman–Crippen MR) is 73.2 cm³/mol. The lowest BCUT2D eigenvalue weighted by Gasteiger charge is -2.39. The lowest BCUT2D eigenvalue weighted by atomic mass is 10.2. The second-order valence-corrected chi connectivity index (χ2v) is 4.97. The average Bonchev–Trinajstić information content (AvgIpc) is 2.43. The summed E-state index contributed by atoms with van der Waals surface area (Å²) < 4.78 is 0. The van der Waals surface area contributed by atoms with Crippen molar-refractivity contribution in [2.24, 2.45) is 0 Å². The molecule has 0 saturated carbocycles. The Bertz CT molecular complexity index is 314. The summed E-state index contributed by atoms with van der Waals surface area (Å²) in [5.41, 5.74) is 0. The van der Waals surface area contributed by atoms with Crippen molar-refractivity contribution in [3.63, 3.8) is 0 Å². The van der Waals surface area contributed by atoms with Gasteiger partial charge in [0.05, 0.1) is 0 Å².